The van der Waals surface area contributed by atoms with E-state index in [-0.39, 0.29) is 5.75 Å². The van der Waals surface area contributed by atoms with Crippen molar-refractivity contribution < 1.29 is 8.42 Å². The Bertz CT molecular complexity index is 340. The summed E-state index contributed by atoms with van der Waals surface area (Å²) >= 11 is 0. The lowest BCUT2D eigenvalue weighted by Gasteiger charge is -2.36. The van der Waals surface area contributed by atoms with E-state index >= 15 is 0 Å². The molecule has 3 unspecified atom stereocenters. The van der Waals surface area contributed by atoms with Gasteiger partial charge in [-0.15, -0.1) is 0 Å². The Labute approximate surface area is 119 Å². The summed E-state index contributed by atoms with van der Waals surface area (Å²) in [5.41, 5.74) is 0. The van der Waals surface area contributed by atoms with Gasteiger partial charge in [0, 0.05) is 11.8 Å². The van der Waals surface area contributed by atoms with E-state index in [0.717, 1.165) is 25.3 Å². The number of hydrogen-bond acceptors (Lipinski definition) is 3. The third-order valence-electron chi connectivity index (χ3n) is 4.60. The summed E-state index contributed by atoms with van der Waals surface area (Å²) in [6.45, 7) is 7.19. The van der Waals surface area contributed by atoms with Crippen molar-refractivity contribution in [2.45, 2.75) is 65.3 Å². The van der Waals surface area contributed by atoms with E-state index in [1.54, 1.807) is 6.92 Å². The van der Waals surface area contributed by atoms with Crippen LogP contribution in [0.1, 0.15) is 59.3 Å². The van der Waals surface area contributed by atoms with Crippen molar-refractivity contribution in [3.05, 3.63) is 0 Å². The number of rotatable bonds is 8. The predicted octanol–water partition coefficient (Wildman–Crippen LogP) is 3.01. The summed E-state index contributed by atoms with van der Waals surface area (Å²) in [6.07, 6.45) is 7.03. The summed E-state index contributed by atoms with van der Waals surface area (Å²) in [7, 11) is -2.79. The first-order valence-electron chi connectivity index (χ1n) is 7.96. The molecule has 0 aromatic rings. The molecule has 19 heavy (non-hydrogen) atoms. The maximum absolute atomic E-state index is 11.6. The van der Waals surface area contributed by atoms with Crippen LogP contribution in [-0.2, 0) is 9.84 Å². The van der Waals surface area contributed by atoms with Crippen LogP contribution < -0.4 is 5.32 Å². The highest BCUT2D eigenvalue weighted by Gasteiger charge is 2.28. The van der Waals surface area contributed by atoms with Gasteiger partial charge in [-0.1, -0.05) is 27.2 Å². The maximum Gasteiger partial charge on any atom is 0.150 e. The third kappa shape index (κ3) is 5.82. The molecule has 1 saturated carbocycles. The number of hydrogen-bond donors (Lipinski definition) is 1. The smallest absolute Gasteiger partial charge is 0.150 e. The fourth-order valence-corrected chi connectivity index (χ4v) is 4.19. The average Bonchev–Trinajstić information content (AvgIpc) is 2.40. The lowest BCUT2D eigenvalue weighted by Crippen LogP contribution is -2.40. The molecule has 0 heterocycles. The highest BCUT2D eigenvalue weighted by atomic mass is 32.2. The minimum Gasteiger partial charge on any atom is -0.314 e. The maximum atomic E-state index is 11.6. The second-order valence-corrected chi connectivity index (χ2v) is 8.36. The Morgan fingerprint density at radius 3 is 2.47 bits per heavy atom. The van der Waals surface area contributed by atoms with Crippen LogP contribution in [-0.4, -0.2) is 32.5 Å². The zero-order chi connectivity index (χ0) is 14.3. The molecule has 0 aromatic heterocycles. The molecule has 0 saturated heterocycles. The molecule has 3 nitrogen and oxygen atoms in total. The Morgan fingerprint density at radius 1 is 1.16 bits per heavy atom. The van der Waals surface area contributed by atoms with E-state index in [2.05, 4.69) is 19.2 Å². The molecular weight excluding hydrogens is 258 g/mol. The van der Waals surface area contributed by atoms with Gasteiger partial charge in [0.15, 0.2) is 0 Å². The second kappa shape index (κ2) is 8.25. The van der Waals surface area contributed by atoms with Gasteiger partial charge >= 0.3 is 0 Å². The van der Waals surface area contributed by atoms with Crippen LogP contribution in [0.25, 0.3) is 0 Å². The largest absolute Gasteiger partial charge is 0.314 e. The highest BCUT2D eigenvalue weighted by Crippen LogP contribution is 2.34. The number of nitrogens with one attached hydrogen (secondary N) is 1. The summed E-state index contributed by atoms with van der Waals surface area (Å²) in [5, 5.41) is 3.59. The molecule has 4 heteroatoms. The lowest BCUT2D eigenvalue weighted by atomic mass is 9.75. The van der Waals surface area contributed by atoms with Gasteiger partial charge in [-0.2, -0.15) is 0 Å². The molecule has 1 rings (SSSR count). The predicted molar refractivity (Wildman–Crippen MR) is 82.1 cm³/mol. The van der Waals surface area contributed by atoms with Gasteiger partial charge in [0.1, 0.15) is 9.84 Å². The van der Waals surface area contributed by atoms with Gasteiger partial charge in [0.05, 0.1) is 5.75 Å². The van der Waals surface area contributed by atoms with Crippen molar-refractivity contribution in [1.82, 2.24) is 5.32 Å². The Morgan fingerprint density at radius 2 is 1.89 bits per heavy atom. The molecule has 0 bridgehead atoms. The van der Waals surface area contributed by atoms with Gasteiger partial charge in [0.2, 0.25) is 0 Å². The minimum absolute atomic E-state index is 0.284. The molecular formula is C15H31NO2S. The van der Waals surface area contributed by atoms with E-state index in [4.69, 9.17) is 0 Å². The van der Waals surface area contributed by atoms with E-state index < -0.39 is 9.84 Å². The molecule has 0 amide bonds. The molecule has 114 valence electrons. The number of sulfone groups is 1. The fraction of sp³-hybridized carbons (Fsp3) is 1.00. The van der Waals surface area contributed by atoms with E-state index in [0.29, 0.717) is 17.7 Å². The van der Waals surface area contributed by atoms with Crippen molar-refractivity contribution in [1.29, 1.82) is 0 Å². The molecule has 0 aliphatic heterocycles. The zero-order valence-corrected chi connectivity index (χ0v) is 13.6. The Hall–Kier alpha value is -0.0900. The Balaban J connectivity index is 2.45. The second-order valence-electron chi connectivity index (χ2n) is 5.89. The van der Waals surface area contributed by atoms with Crippen LogP contribution in [0.15, 0.2) is 0 Å². The summed E-state index contributed by atoms with van der Waals surface area (Å²) < 4.78 is 23.1. The molecule has 0 radical (unpaired) electrons. The topological polar surface area (TPSA) is 46.2 Å². The quantitative estimate of drug-likeness (QED) is 0.747. The van der Waals surface area contributed by atoms with E-state index in [1.807, 2.05) is 0 Å². The van der Waals surface area contributed by atoms with Crippen molar-refractivity contribution in [2.75, 3.05) is 18.1 Å². The summed E-state index contributed by atoms with van der Waals surface area (Å²) in [6, 6.07) is 0.608. The van der Waals surface area contributed by atoms with E-state index in [9.17, 15) is 8.42 Å². The average molecular weight is 289 g/mol. The summed E-state index contributed by atoms with van der Waals surface area (Å²) in [4.78, 5) is 0. The van der Waals surface area contributed by atoms with Gasteiger partial charge < -0.3 is 5.32 Å². The van der Waals surface area contributed by atoms with Crippen LogP contribution >= 0.6 is 0 Å². The van der Waals surface area contributed by atoms with Crippen LogP contribution in [0, 0.1) is 11.8 Å². The van der Waals surface area contributed by atoms with Gasteiger partial charge in [-0.25, -0.2) is 8.42 Å². The third-order valence-corrected chi connectivity index (χ3v) is 6.40. The molecule has 0 aromatic carbocycles. The Kier molecular flexibility index (Phi) is 7.37. The van der Waals surface area contributed by atoms with Gasteiger partial charge in [0.25, 0.3) is 0 Å². The van der Waals surface area contributed by atoms with Gasteiger partial charge in [-0.3, -0.25) is 0 Å². The molecule has 0 spiro atoms. The molecule has 1 N–H and O–H groups in total. The van der Waals surface area contributed by atoms with Crippen molar-refractivity contribution in [3.8, 4) is 0 Å². The van der Waals surface area contributed by atoms with E-state index in [1.165, 1.54) is 25.7 Å². The van der Waals surface area contributed by atoms with Crippen LogP contribution in [0.4, 0.5) is 0 Å². The molecule has 1 aliphatic rings. The molecule has 1 aliphatic carbocycles. The van der Waals surface area contributed by atoms with Crippen molar-refractivity contribution >= 4 is 9.84 Å². The highest BCUT2D eigenvalue weighted by molar-refractivity contribution is 7.91. The van der Waals surface area contributed by atoms with Crippen LogP contribution in [0.5, 0.6) is 0 Å². The fourth-order valence-electron chi connectivity index (χ4n) is 3.29. The minimum atomic E-state index is -2.79. The summed E-state index contributed by atoms with van der Waals surface area (Å²) in [5.74, 6) is 2.18. The SMILES string of the molecule is CCNC1CCC(CC)CC1CCCS(=O)(=O)CC. The monoisotopic (exact) mass is 289 g/mol. The van der Waals surface area contributed by atoms with Gasteiger partial charge in [-0.05, 0) is 50.5 Å². The lowest BCUT2D eigenvalue weighted by molar-refractivity contribution is 0.190. The van der Waals surface area contributed by atoms with Crippen LogP contribution in [0.3, 0.4) is 0 Å². The van der Waals surface area contributed by atoms with Crippen molar-refractivity contribution in [2.24, 2.45) is 11.8 Å². The van der Waals surface area contributed by atoms with Crippen LogP contribution in [0.2, 0.25) is 0 Å². The molecule has 1 fully saturated rings. The molecule has 3 atom stereocenters. The zero-order valence-electron chi connectivity index (χ0n) is 12.8. The first-order valence-corrected chi connectivity index (χ1v) is 9.78. The van der Waals surface area contributed by atoms with Crippen molar-refractivity contribution in [3.63, 3.8) is 0 Å². The first-order chi connectivity index (χ1) is 9.02. The first kappa shape index (κ1) is 17.0. The standard InChI is InChI=1S/C15H31NO2S/c1-4-13-9-10-15(16-5-2)14(12-13)8-7-11-19(17,18)6-3/h13-16H,4-12H2,1-3H3. The normalized spacial score (nSPS) is 28.5.